The highest BCUT2D eigenvalue weighted by Gasteiger charge is 2.05. The van der Waals surface area contributed by atoms with Gasteiger partial charge in [-0.05, 0) is 44.0 Å². The topological polar surface area (TPSA) is 43.4 Å². The first-order valence-corrected chi connectivity index (χ1v) is 8.12. The highest BCUT2D eigenvalue weighted by Crippen LogP contribution is 2.14. The normalized spacial score (nSPS) is 12.1. The SMILES string of the molecule is CCOC(=O)CCCCCS(=O)c1ccc(Cl)cc1. The maximum Gasteiger partial charge on any atom is 0.305 e. The predicted octanol–water partition coefficient (Wildman–Crippen LogP) is 3.57. The Kier molecular flexibility index (Phi) is 7.75. The summed E-state index contributed by atoms with van der Waals surface area (Å²) in [6.07, 6.45) is 2.96. The van der Waals surface area contributed by atoms with E-state index in [0.717, 1.165) is 24.2 Å². The van der Waals surface area contributed by atoms with Crippen LogP contribution >= 0.6 is 11.6 Å². The molecule has 0 radical (unpaired) electrons. The van der Waals surface area contributed by atoms with E-state index < -0.39 is 10.8 Å². The number of ether oxygens (including phenoxy) is 1. The fourth-order valence-corrected chi connectivity index (χ4v) is 2.88. The molecule has 3 nitrogen and oxygen atoms in total. The zero-order valence-corrected chi connectivity index (χ0v) is 12.6. The smallest absolute Gasteiger partial charge is 0.305 e. The fraction of sp³-hybridized carbons (Fsp3) is 0.500. The molecule has 19 heavy (non-hydrogen) atoms. The van der Waals surface area contributed by atoms with E-state index in [1.807, 2.05) is 0 Å². The van der Waals surface area contributed by atoms with Crippen LogP contribution in [0.2, 0.25) is 5.02 Å². The molecule has 0 aromatic heterocycles. The van der Waals surface area contributed by atoms with E-state index >= 15 is 0 Å². The summed E-state index contributed by atoms with van der Waals surface area (Å²) in [5.41, 5.74) is 0. The van der Waals surface area contributed by atoms with Crippen LogP contribution in [0.3, 0.4) is 0 Å². The molecule has 0 heterocycles. The third kappa shape index (κ3) is 6.73. The molecule has 1 atom stereocenters. The highest BCUT2D eigenvalue weighted by molar-refractivity contribution is 7.85. The summed E-state index contributed by atoms with van der Waals surface area (Å²) in [5, 5.41) is 0.648. The standard InChI is InChI=1S/C14H19ClO3S/c1-2-18-14(16)6-4-3-5-11-19(17)13-9-7-12(15)8-10-13/h7-10H,2-6,11H2,1H3. The molecule has 1 unspecified atom stereocenters. The number of esters is 1. The van der Waals surface area contributed by atoms with Crippen molar-refractivity contribution in [2.24, 2.45) is 0 Å². The molecular formula is C14H19ClO3S. The molecule has 0 aliphatic heterocycles. The molecule has 0 saturated carbocycles. The van der Waals surface area contributed by atoms with Gasteiger partial charge in [-0.2, -0.15) is 0 Å². The third-order valence-corrected chi connectivity index (χ3v) is 4.30. The van der Waals surface area contributed by atoms with Gasteiger partial charge in [0, 0.05) is 22.1 Å². The van der Waals surface area contributed by atoms with Crippen molar-refractivity contribution in [3.05, 3.63) is 29.3 Å². The monoisotopic (exact) mass is 302 g/mol. The molecule has 0 aliphatic carbocycles. The minimum absolute atomic E-state index is 0.152. The van der Waals surface area contributed by atoms with Crippen molar-refractivity contribution in [1.29, 1.82) is 0 Å². The quantitative estimate of drug-likeness (QED) is 0.544. The Labute approximate surface area is 121 Å². The summed E-state index contributed by atoms with van der Waals surface area (Å²) < 4.78 is 16.8. The van der Waals surface area contributed by atoms with Crippen LogP contribution in [0.1, 0.15) is 32.6 Å². The van der Waals surface area contributed by atoms with E-state index in [1.54, 1.807) is 31.2 Å². The van der Waals surface area contributed by atoms with Gasteiger partial charge in [0.1, 0.15) is 0 Å². The van der Waals surface area contributed by atoms with Gasteiger partial charge in [-0.25, -0.2) is 0 Å². The number of hydrogen-bond donors (Lipinski definition) is 0. The van der Waals surface area contributed by atoms with Crippen molar-refractivity contribution < 1.29 is 13.7 Å². The molecule has 1 rings (SSSR count). The zero-order chi connectivity index (χ0) is 14.1. The molecule has 0 aliphatic rings. The number of hydrogen-bond acceptors (Lipinski definition) is 3. The summed E-state index contributed by atoms with van der Waals surface area (Å²) in [7, 11) is -0.984. The van der Waals surface area contributed by atoms with Crippen LogP contribution in [0.4, 0.5) is 0 Å². The van der Waals surface area contributed by atoms with Gasteiger partial charge in [-0.3, -0.25) is 9.00 Å². The molecular weight excluding hydrogens is 284 g/mol. The Hall–Kier alpha value is -0.870. The summed E-state index contributed by atoms with van der Waals surface area (Å²) in [4.78, 5) is 11.9. The summed E-state index contributed by atoms with van der Waals surface area (Å²) in [6, 6.07) is 7.07. The fourth-order valence-electron chi connectivity index (χ4n) is 1.62. The number of benzene rings is 1. The van der Waals surface area contributed by atoms with E-state index in [2.05, 4.69) is 0 Å². The molecule has 0 fully saturated rings. The number of carbonyl (C=O) groups is 1. The van der Waals surface area contributed by atoms with Crippen molar-refractivity contribution in [2.75, 3.05) is 12.4 Å². The van der Waals surface area contributed by atoms with Gasteiger partial charge in [0.15, 0.2) is 0 Å². The van der Waals surface area contributed by atoms with Gasteiger partial charge in [0.05, 0.1) is 17.4 Å². The first kappa shape index (κ1) is 16.2. The maximum atomic E-state index is 11.9. The minimum Gasteiger partial charge on any atom is -0.466 e. The Morgan fingerprint density at radius 3 is 2.53 bits per heavy atom. The molecule has 0 saturated heterocycles. The van der Waals surface area contributed by atoms with Crippen molar-refractivity contribution >= 4 is 28.4 Å². The summed E-state index contributed by atoms with van der Waals surface area (Å²) in [5.74, 6) is 0.464. The van der Waals surface area contributed by atoms with E-state index in [9.17, 15) is 9.00 Å². The van der Waals surface area contributed by atoms with Gasteiger partial charge in [0.25, 0.3) is 0 Å². The predicted molar refractivity (Wildman–Crippen MR) is 77.8 cm³/mol. The molecule has 0 amide bonds. The Balaban J connectivity index is 2.17. The lowest BCUT2D eigenvalue weighted by atomic mass is 10.2. The van der Waals surface area contributed by atoms with Crippen molar-refractivity contribution in [2.45, 2.75) is 37.5 Å². The molecule has 106 valence electrons. The van der Waals surface area contributed by atoms with Crippen LogP contribution in [0.5, 0.6) is 0 Å². The largest absolute Gasteiger partial charge is 0.466 e. The zero-order valence-electron chi connectivity index (χ0n) is 11.1. The Bertz CT molecular complexity index is 417. The second kappa shape index (κ2) is 9.10. The molecule has 0 N–H and O–H groups in total. The van der Waals surface area contributed by atoms with Gasteiger partial charge in [-0.15, -0.1) is 0 Å². The number of halogens is 1. The van der Waals surface area contributed by atoms with Crippen LogP contribution < -0.4 is 0 Å². The van der Waals surface area contributed by atoms with Gasteiger partial charge >= 0.3 is 5.97 Å². The van der Waals surface area contributed by atoms with E-state index in [0.29, 0.717) is 23.8 Å². The molecule has 0 bridgehead atoms. The average Bonchev–Trinajstić information content (AvgIpc) is 2.39. The maximum absolute atomic E-state index is 11.9. The van der Waals surface area contributed by atoms with Crippen molar-refractivity contribution in [3.63, 3.8) is 0 Å². The van der Waals surface area contributed by atoms with Crippen LogP contribution in [-0.2, 0) is 20.3 Å². The number of carbonyl (C=O) groups excluding carboxylic acids is 1. The lowest BCUT2D eigenvalue weighted by Gasteiger charge is -2.03. The van der Waals surface area contributed by atoms with Crippen LogP contribution in [0.15, 0.2) is 29.2 Å². The Morgan fingerprint density at radius 2 is 1.89 bits per heavy atom. The molecule has 0 spiro atoms. The first-order valence-electron chi connectivity index (χ1n) is 6.43. The molecule has 1 aromatic carbocycles. The molecule has 5 heteroatoms. The van der Waals surface area contributed by atoms with Crippen LogP contribution in [-0.4, -0.2) is 22.5 Å². The average molecular weight is 303 g/mol. The van der Waals surface area contributed by atoms with Crippen LogP contribution in [0.25, 0.3) is 0 Å². The van der Waals surface area contributed by atoms with Gasteiger partial charge in [-0.1, -0.05) is 18.0 Å². The third-order valence-electron chi connectivity index (χ3n) is 2.59. The van der Waals surface area contributed by atoms with Crippen LogP contribution in [0, 0.1) is 0 Å². The first-order chi connectivity index (χ1) is 9.13. The van der Waals surface area contributed by atoms with E-state index in [1.165, 1.54) is 0 Å². The summed E-state index contributed by atoms with van der Waals surface area (Å²) >= 11 is 5.77. The van der Waals surface area contributed by atoms with E-state index in [4.69, 9.17) is 16.3 Å². The minimum atomic E-state index is -0.984. The number of unbranched alkanes of at least 4 members (excludes halogenated alkanes) is 2. The van der Waals surface area contributed by atoms with Crippen molar-refractivity contribution in [3.8, 4) is 0 Å². The highest BCUT2D eigenvalue weighted by atomic mass is 35.5. The van der Waals surface area contributed by atoms with E-state index in [-0.39, 0.29) is 5.97 Å². The Morgan fingerprint density at radius 1 is 1.21 bits per heavy atom. The second-order valence-corrected chi connectivity index (χ2v) is 6.13. The van der Waals surface area contributed by atoms with Gasteiger partial charge < -0.3 is 4.74 Å². The van der Waals surface area contributed by atoms with Crippen molar-refractivity contribution in [1.82, 2.24) is 0 Å². The molecule has 1 aromatic rings. The lowest BCUT2D eigenvalue weighted by Crippen LogP contribution is -2.04. The summed E-state index contributed by atoms with van der Waals surface area (Å²) in [6.45, 7) is 2.23. The van der Waals surface area contributed by atoms with Gasteiger partial charge in [0.2, 0.25) is 0 Å². The lowest BCUT2D eigenvalue weighted by molar-refractivity contribution is -0.143. The number of rotatable bonds is 8. The second-order valence-electron chi connectivity index (χ2n) is 4.12.